The van der Waals surface area contributed by atoms with Gasteiger partial charge in [-0.2, -0.15) is 0 Å². The highest BCUT2D eigenvalue weighted by molar-refractivity contribution is 5.76. The summed E-state index contributed by atoms with van der Waals surface area (Å²) in [5, 5.41) is 0. The van der Waals surface area contributed by atoms with Crippen molar-refractivity contribution in [2.75, 3.05) is 25.4 Å². The Morgan fingerprint density at radius 3 is 2.72 bits per heavy atom. The zero-order chi connectivity index (χ0) is 12.8. The SMILES string of the molecule is Nc1ccc(OCCCN2CCCCC2=O)cc1. The van der Waals surface area contributed by atoms with E-state index >= 15 is 0 Å². The molecule has 0 unspecified atom stereocenters. The molecule has 1 saturated heterocycles. The predicted octanol–water partition coefficient (Wildman–Crippen LogP) is 2.05. The van der Waals surface area contributed by atoms with Gasteiger partial charge in [0, 0.05) is 25.2 Å². The maximum absolute atomic E-state index is 11.6. The van der Waals surface area contributed by atoms with Crippen molar-refractivity contribution in [3.8, 4) is 5.75 Å². The molecule has 18 heavy (non-hydrogen) atoms. The molecule has 4 nitrogen and oxygen atoms in total. The molecule has 1 aliphatic rings. The van der Waals surface area contributed by atoms with Crippen LogP contribution in [0.3, 0.4) is 0 Å². The summed E-state index contributed by atoms with van der Waals surface area (Å²) in [5.41, 5.74) is 6.33. The van der Waals surface area contributed by atoms with E-state index in [1.165, 1.54) is 0 Å². The predicted molar refractivity (Wildman–Crippen MR) is 71.4 cm³/mol. The first kappa shape index (κ1) is 12.7. The molecule has 4 heteroatoms. The number of likely N-dealkylation sites (tertiary alicyclic amines) is 1. The second kappa shape index (κ2) is 6.28. The highest BCUT2D eigenvalue weighted by Gasteiger charge is 2.16. The monoisotopic (exact) mass is 248 g/mol. The van der Waals surface area contributed by atoms with Gasteiger partial charge in [-0.3, -0.25) is 4.79 Å². The number of carbonyl (C=O) groups excluding carboxylic acids is 1. The lowest BCUT2D eigenvalue weighted by Gasteiger charge is -2.26. The van der Waals surface area contributed by atoms with E-state index in [0.717, 1.165) is 43.8 Å². The summed E-state index contributed by atoms with van der Waals surface area (Å²) in [7, 11) is 0. The van der Waals surface area contributed by atoms with Crippen molar-refractivity contribution in [1.29, 1.82) is 0 Å². The fraction of sp³-hybridized carbons (Fsp3) is 0.500. The summed E-state index contributed by atoms with van der Waals surface area (Å²) in [4.78, 5) is 13.5. The number of amides is 1. The normalized spacial score (nSPS) is 15.8. The number of carbonyl (C=O) groups is 1. The van der Waals surface area contributed by atoms with E-state index in [2.05, 4.69) is 0 Å². The molecular formula is C14H20N2O2. The van der Waals surface area contributed by atoms with Gasteiger partial charge in [0.15, 0.2) is 0 Å². The highest BCUT2D eigenvalue weighted by Crippen LogP contribution is 2.14. The molecule has 0 spiro atoms. The second-order valence-electron chi connectivity index (χ2n) is 4.61. The van der Waals surface area contributed by atoms with Gasteiger partial charge in [0.05, 0.1) is 6.61 Å². The zero-order valence-electron chi connectivity index (χ0n) is 10.6. The molecule has 0 aromatic heterocycles. The Bertz CT molecular complexity index is 389. The lowest BCUT2D eigenvalue weighted by Crippen LogP contribution is -2.36. The molecule has 2 N–H and O–H groups in total. The number of rotatable bonds is 5. The van der Waals surface area contributed by atoms with Crippen LogP contribution < -0.4 is 10.5 Å². The average molecular weight is 248 g/mol. The Labute approximate surface area is 108 Å². The number of nitrogens with zero attached hydrogens (tertiary/aromatic N) is 1. The number of benzene rings is 1. The molecule has 0 atom stereocenters. The first-order valence-corrected chi connectivity index (χ1v) is 6.52. The van der Waals surface area contributed by atoms with Crippen LogP contribution in [-0.4, -0.2) is 30.5 Å². The Hall–Kier alpha value is -1.71. The van der Waals surface area contributed by atoms with Crippen LogP contribution in [0.2, 0.25) is 0 Å². The topological polar surface area (TPSA) is 55.6 Å². The van der Waals surface area contributed by atoms with Crippen LogP contribution in [0, 0.1) is 0 Å². The molecule has 0 bridgehead atoms. The van der Waals surface area contributed by atoms with Crippen LogP contribution in [0.5, 0.6) is 5.75 Å². The molecule has 1 amide bonds. The number of piperidine rings is 1. The number of nitrogen functional groups attached to an aromatic ring is 1. The number of anilines is 1. The van der Waals surface area contributed by atoms with Crippen LogP contribution in [0.1, 0.15) is 25.7 Å². The summed E-state index contributed by atoms with van der Waals surface area (Å²) >= 11 is 0. The summed E-state index contributed by atoms with van der Waals surface area (Å²) in [6.07, 6.45) is 3.75. The molecule has 1 aromatic rings. The van der Waals surface area contributed by atoms with E-state index in [1.54, 1.807) is 0 Å². The molecule has 1 heterocycles. The van der Waals surface area contributed by atoms with Gasteiger partial charge >= 0.3 is 0 Å². The Morgan fingerprint density at radius 2 is 2.00 bits per heavy atom. The fourth-order valence-corrected chi connectivity index (χ4v) is 2.11. The third-order valence-corrected chi connectivity index (χ3v) is 3.14. The molecule has 98 valence electrons. The third-order valence-electron chi connectivity index (χ3n) is 3.14. The maximum atomic E-state index is 11.6. The maximum Gasteiger partial charge on any atom is 0.222 e. The van der Waals surface area contributed by atoms with Gasteiger partial charge in [0.25, 0.3) is 0 Å². The first-order chi connectivity index (χ1) is 8.75. The minimum atomic E-state index is 0.286. The van der Waals surface area contributed by atoms with Gasteiger partial charge < -0.3 is 15.4 Å². The third kappa shape index (κ3) is 3.65. The number of ether oxygens (including phenoxy) is 1. The van der Waals surface area contributed by atoms with Gasteiger partial charge in [0.2, 0.25) is 5.91 Å². The molecule has 0 aliphatic carbocycles. The fourth-order valence-electron chi connectivity index (χ4n) is 2.11. The van der Waals surface area contributed by atoms with E-state index < -0.39 is 0 Å². The summed E-state index contributed by atoms with van der Waals surface area (Å²) in [6.45, 7) is 2.34. The molecule has 1 aromatic carbocycles. The van der Waals surface area contributed by atoms with Crippen LogP contribution in [0.25, 0.3) is 0 Å². The van der Waals surface area contributed by atoms with Crippen molar-refractivity contribution >= 4 is 11.6 Å². The quantitative estimate of drug-likeness (QED) is 0.641. The van der Waals surface area contributed by atoms with Gasteiger partial charge in [-0.15, -0.1) is 0 Å². The lowest BCUT2D eigenvalue weighted by atomic mass is 10.1. The van der Waals surface area contributed by atoms with Gasteiger partial charge in [0.1, 0.15) is 5.75 Å². The van der Waals surface area contributed by atoms with E-state index in [0.29, 0.717) is 13.0 Å². The number of nitrogens with two attached hydrogens (primary N) is 1. The molecule has 1 aliphatic heterocycles. The second-order valence-corrected chi connectivity index (χ2v) is 4.61. The van der Waals surface area contributed by atoms with Crippen molar-refractivity contribution in [3.63, 3.8) is 0 Å². The van der Waals surface area contributed by atoms with Crippen molar-refractivity contribution in [1.82, 2.24) is 4.90 Å². The molecular weight excluding hydrogens is 228 g/mol. The lowest BCUT2D eigenvalue weighted by molar-refractivity contribution is -0.133. The summed E-state index contributed by atoms with van der Waals surface area (Å²) in [6, 6.07) is 7.37. The number of hydrogen-bond donors (Lipinski definition) is 1. The van der Waals surface area contributed by atoms with E-state index in [1.807, 2.05) is 29.2 Å². The largest absolute Gasteiger partial charge is 0.494 e. The molecule has 0 saturated carbocycles. The average Bonchev–Trinajstić information content (AvgIpc) is 2.39. The van der Waals surface area contributed by atoms with Crippen LogP contribution in [0.15, 0.2) is 24.3 Å². The van der Waals surface area contributed by atoms with Crippen LogP contribution >= 0.6 is 0 Å². The van der Waals surface area contributed by atoms with Crippen molar-refractivity contribution in [2.45, 2.75) is 25.7 Å². The highest BCUT2D eigenvalue weighted by atomic mass is 16.5. The van der Waals surface area contributed by atoms with E-state index in [4.69, 9.17) is 10.5 Å². The Kier molecular flexibility index (Phi) is 4.45. The summed E-state index contributed by atoms with van der Waals surface area (Å²) in [5.74, 6) is 1.11. The first-order valence-electron chi connectivity index (χ1n) is 6.52. The minimum absolute atomic E-state index is 0.286. The smallest absolute Gasteiger partial charge is 0.222 e. The standard InChI is InChI=1S/C14H20N2O2/c15-12-5-7-13(8-6-12)18-11-3-10-16-9-2-1-4-14(16)17/h5-8H,1-4,9-11,15H2. The van der Waals surface area contributed by atoms with Crippen molar-refractivity contribution < 1.29 is 9.53 Å². The molecule has 2 rings (SSSR count). The van der Waals surface area contributed by atoms with Crippen molar-refractivity contribution in [3.05, 3.63) is 24.3 Å². The Balaban J connectivity index is 1.66. The number of hydrogen-bond acceptors (Lipinski definition) is 3. The molecule has 1 fully saturated rings. The zero-order valence-corrected chi connectivity index (χ0v) is 10.6. The van der Waals surface area contributed by atoms with Gasteiger partial charge in [-0.05, 0) is 43.5 Å². The van der Waals surface area contributed by atoms with Crippen LogP contribution in [0.4, 0.5) is 5.69 Å². The van der Waals surface area contributed by atoms with Crippen molar-refractivity contribution in [2.24, 2.45) is 0 Å². The van der Waals surface area contributed by atoms with Crippen LogP contribution in [-0.2, 0) is 4.79 Å². The minimum Gasteiger partial charge on any atom is -0.494 e. The van der Waals surface area contributed by atoms with E-state index in [9.17, 15) is 4.79 Å². The summed E-state index contributed by atoms with van der Waals surface area (Å²) < 4.78 is 5.59. The van der Waals surface area contributed by atoms with Gasteiger partial charge in [-0.25, -0.2) is 0 Å². The van der Waals surface area contributed by atoms with Gasteiger partial charge in [-0.1, -0.05) is 0 Å². The Morgan fingerprint density at radius 1 is 1.22 bits per heavy atom. The molecule has 0 radical (unpaired) electrons. The van der Waals surface area contributed by atoms with E-state index in [-0.39, 0.29) is 5.91 Å².